The second-order valence-corrected chi connectivity index (χ2v) is 6.51. The Balaban J connectivity index is 1.52. The topological polar surface area (TPSA) is 75.6 Å². The van der Waals surface area contributed by atoms with Crippen LogP contribution in [0.4, 0.5) is 5.69 Å². The molecule has 4 rings (SSSR count). The van der Waals surface area contributed by atoms with Crippen LogP contribution < -0.4 is 5.32 Å². The van der Waals surface area contributed by atoms with Gasteiger partial charge in [0.2, 0.25) is 0 Å². The third kappa shape index (κ3) is 3.16. The van der Waals surface area contributed by atoms with Crippen molar-refractivity contribution in [3.63, 3.8) is 0 Å². The fourth-order valence-corrected chi connectivity index (χ4v) is 3.20. The molecule has 2 aromatic carbocycles. The molecule has 0 atom stereocenters. The molecule has 0 saturated heterocycles. The standard InChI is InChI=1S/C18H13Cl2N5O/c19-14-5-3-6-15(20)13(14)10-25-9-11(8-21-25)22-18(26)17-12-4-1-2-7-16(12)23-24-17/h1-9H,10H2,(H,22,26)(H,23,24). The summed E-state index contributed by atoms with van der Waals surface area (Å²) in [5, 5.41) is 15.9. The van der Waals surface area contributed by atoms with Gasteiger partial charge >= 0.3 is 0 Å². The molecule has 8 heteroatoms. The molecule has 4 aromatic rings. The highest BCUT2D eigenvalue weighted by Gasteiger charge is 2.15. The van der Waals surface area contributed by atoms with Gasteiger partial charge in [0.15, 0.2) is 5.69 Å². The van der Waals surface area contributed by atoms with Crippen LogP contribution in [0.5, 0.6) is 0 Å². The summed E-state index contributed by atoms with van der Waals surface area (Å²) in [5.74, 6) is -0.308. The van der Waals surface area contributed by atoms with E-state index in [9.17, 15) is 4.79 Å². The number of aromatic amines is 1. The number of nitrogens with zero attached hydrogens (tertiary/aromatic N) is 3. The number of fused-ring (bicyclic) bond motifs is 1. The third-order valence-electron chi connectivity index (χ3n) is 3.96. The van der Waals surface area contributed by atoms with E-state index in [4.69, 9.17) is 23.2 Å². The molecule has 0 aliphatic carbocycles. The number of nitrogens with one attached hydrogen (secondary N) is 2. The maximum absolute atomic E-state index is 12.5. The van der Waals surface area contributed by atoms with Crippen molar-refractivity contribution < 1.29 is 4.79 Å². The largest absolute Gasteiger partial charge is 0.318 e. The van der Waals surface area contributed by atoms with Crippen molar-refractivity contribution in [3.8, 4) is 0 Å². The fraction of sp³-hybridized carbons (Fsp3) is 0.0556. The lowest BCUT2D eigenvalue weighted by atomic mass is 10.2. The Labute approximate surface area is 158 Å². The monoisotopic (exact) mass is 385 g/mol. The number of carbonyl (C=O) groups excluding carboxylic acids is 1. The van der Waals surface area contributed by atoms with Gasteiger partial charge in [0.05, 0.1) is 23.9 Å². The van der Waals surface area contributed by atoms with E-state index in [0.29, 0.717) is 28.0 Å². The maximum Gasteiger partial charge on any atom is 0.276 e. The molecule has 6 nitrogen and oxygen atoms in total. The minimum atomic E-state index is -0.308. The Kier molecular flexibility index (Phi) is 4.36. The summed E-state index contributed by atoms with van der Waals surface area (Å²) in [4.78, 5) is 12.5. The average molecular weight is 386 g/mol. The summed E-state index contributed by atoms with van der Waals surface area (Å²) >= 11 is 12.4. The molecule has 1 amide bonds. The Bertz CT molecular complexity index is 1080. The van der Waals surface area contributed by atoms with E-state index in [1.807, 2.05) is 24.3 Å². The molecule has 0 aliphatic rings. The van der Waals surface area contributed by atoms with Gasteiger partial charge < -0.3 is 5.32 Å². The molecule has 2 heterocycles. The van der Waals surface area contributed by atoms with Crippen molar-refractivity contribution in [2.24, 2.45) is 0 Å². The first-order valence-corrected chi connectivity index (χ1v) is 8.57. The molecule has 0 saturated carbocycles. The van der Waals surface area contributed by atoms with Crippen LogP contribution >= 0.6 is 23.2 Å². The van der Waals surface area contributed by atoms with Crippen molar-refractivity contribution >= 4 is 45.7 Å². The van der Waals surface area contributed by atoms with Gasteiger partial charge in [-0.1, -0.05) is 47.5 Å². The molecule has 2 aromatic heterocycles. The predicted octanol–water partition coefficient (Wildman–Crippen LogP) is 4.37. The molecular formula is C18H13Cl2N5O. The number of hydrogen-bond acceptors (Lipinski definition) is 3. The van der Waals surface area contributed by atoms with Gasteiger partial charge in [0.25, 0.3) is 5.91 Å². The summed E-state index contributed by atoms with van der Waals surface area (Å²) in [6, 6.07) is 12.8. The Hall–Kier alpha value is -2.83. The SMILES string of the molecule is O=C(Nc1cnn(Cc2c(Cl)cccc2Cl)c1)c1n[nH]c2ccccc12. The van der Waals surface area contributed by atoms with Crippen LogP contribution in [0.3, 0.4) is 0 Å². The van der Waals surface area contributed by atoms with Gasteiger partial charge in [0.1, 0.15) is 0 Å². The summed E-state index contributed by atoms with van der Waals surface area (Å²) in [6.45, 7) is 0.402. The highest BCUT2D eigenvalue weighted by atomic mass is 35.5. The molecule has 2 N–H and O–H groups in total. The number of hydrogen-bond donors (Lipinski definition) is 2. The maximum atomic E-state index is 12.5. The third-order valence-corrected chi connectivity index (χ3v) is 4.67. The van der Waals surface area contributed by atoms with Gasteiger partial charge in [-0.3, -0.25) is 14.6 Å². The molecule has 0 fully saturated rings. The van der Waals surface area contributed by atoms with Crippen molar-refractivity contribution in [2.75, 3.05) is 5.32 Å². The summed E-state index contributed by atoms with van der Waals surface area (Å²) in [6.07, 6.45) is 3.28. The van der Waals surface area contributed by atoms with Gasteiger partial charge in [-0.15, -0.1) is 0 Å². The van der Waals surface area contributed by atoms with E-state index in [0.717, 1.165) is 16.5 Å². The summed E-state index contributed by atoms with van der Waals surface area (Å²) < 4.78 is 1.66. The minimum absolute atomic E-state index is 0.308. The highest BCUT2D eigenvalue weighted by molar-refractivity contribution is 6.36. The van der Waals surface area contributed by atoms with Crippen LogP contribution in [-0.4, -0.2) is 25.9 Å². The van der Waals surface area contributed by atoms with Crippen LogP contribution in [0.1, 0.15) is 16.1 Å². The number of amides is 1. The first-order chi connectivity index (χ1) is 12.6. The van der Waals surface area contributed by atoms with Crippen LogP contribution in [0.25, 0.3) is 10.9 Å². The van der Waals surface area contributed by atoms with Crippen LogP contribution in [0.15, 0.2) is 54.9 Å². The van der Waals surface area contributed by atoms with Crippen molar-refractivity contribution in [3.05, 3.63) is 76.2 Å². The minimum Gasteiger partial charge on any atom is -0.318 e. The summed E-state index contributed by atoms with van der Waals surface area (Å²) in [5.41, 5.74) is 2.48. The number of halogens is 2. The number of rotatable bonds is 4. The lowest BCUT2D eigenvalue weighted by Gasteiger charge is -2.06. The lowest BCUT2D eigenvalue weighted by Crippen LogP contribution is -2.12. The predicted molar refractivity (Wildman–Crippen MR) is 102 cm³/mol. The molecule has 26 heavy (non-hydrogen) atoms. The zero-order chi connectivity index (χ0) is 18.1. The van der Waals surface area contributed by atoms with E-state index in [1.54, 1.807) is 35.3 Å². The Morgan fingerprint density at radius 3 is 2.69 bits per heavy atom. The van der Waals surface area contributed by atoms with E-state index in [-0.39, 0.29) is 5.91 Å². The van der Waals surface area contributed by atoms with Crippen molar-refractivity contribution in [1.29, 1.82) is 0 Å². The first kappa shape index (κ1) is 16.6. The highest BCUT2D eigenvalue weighted by Crippen LogP contribution is 2.25. The van der Waals surface area contributed by atoms with E-state index >= 15 is 0 Å². The Morgan fingerprint density at radius 1 is 1.12 bits per heavy atom. The quantitative estimate of drug-likeness (QED) is 0.547. The fourth-order valence-electron chi connectivity index (χ4n) is 2.69. The lowest BCUT2D eigenvalue weighted by molar-refractivity contribution is 0.102. The van der Waals surface area contributed by atoms with E-state index < -0.39 is 0 Å². The van der Waals surface area contributed by atoms with Gasteiger partial charge in [-0.2, -0.15) is 10.2 Å². The molecule has 0 radical (unpaired) electrons. The van der Waals surface area contributed by atoms with Gasteiger partial charge in [0, 0.05) is 27.2 Å². The zero-order valence-corrected chi connectivity index (χ0v) is 14.9. The van der Waals surface area contributed by atoms with Crippen molar-refractivity contribution in [2.45, 2.75) is 6.54 Å². The average Bonchev–Trinajstić information content (AvgIpc) is 3.25. The Morgan fingerprint density at radius 2 is 1.88 bits per heavy atom. The molecule has 0 aliphatic heterocycles. The number of H-pyrrole nitrogens is 1. The van der Waals surface area contributed by atoms with Crippen LogP contribution in [-0.2, 0) is 6.54 Å². The molecule has 0 bridgehead atoms. The van der Waals surface area contributed by atoms with Crippen LogP contribution in [0, 0.1) is 0 Å². The number of carbonyl (C=O) groups is 1. The van der Waals surface area contributed by atoms with Gasteiger partial charge in [-0.05, 0) is 18.2 Å². The zero-order valence-electron chi connectivity index (χ0n) is 13.4. The number of aromatic nitrogens is 4. The van der Waals surface area contributed by atoms with Gasteiger partial charge in [-0.25, -0.2) is 0 Å². The normalized spacial score (nSPS) is 11.0. The smallest absolute Gasteiger partial charge is 0.276 e. The number of benzene rings is 2. The second kappa shape index (κ2) is 6.82. The van der Waals surface area contributed by atoms with Crippen LogP contribution in [0.2, 0.25) is 10.0 Å². The molecular weight excluding hydrogens is 373 g/mol. The molecule has 130 valence electrons. The summed E-state index contributed by atoms with van der Waals surface area (Å²) in [7, 11) is 0. The molecule has 0 unspecified atom stereocenters. The number of anilines is 1. The molecule has 0 spiro atoms. The van der Waals surface area contributed by atoms with E-state index in [2.05, 4.69) is 20.6 Å². The second-order valence-electron chi connectivity index (χ2n) is 5.70. The van der Waals surface area contributed by atoms with Crippen molar-refractivity contribution in [1.82, 2.24) is 20.0 Å². The number of para-hydroxylation sites is 1. The first-order valence-electron chi connectivity index (χ1n) is 7.81. The van der Waals surface area contributed by atoms with E-state index in [1.165, 1.54) is 0 Å².